The number of anilines is 1. The zero-order valence-corrected chi connectivity index (χ0v) is 9.39. The average Bonchev–Trinajstić information content (AvgIpc) is 2.33. The van der Waals surface area contributed by atoms with Gasteiger partial charge in [-0.1, -0.05) is 6.07 Å². The van der Waals surface area contributed by atoms with E-state index >= 15 is 0 Å². The first-order valence-corrected chi connectivity index (χ1v) is 5.85. The number of pyridine rings is 1. The summed E-state index contributed by atoms with van der Waals surface area (Å²) in [7, 11) is 0. The van der Waals surface area contributed by atoms with Gasteiger partial charge in [-0.3, -0.25) is 0 Å². The minimum absolute atomic E-state index is 0.298. The van der Waals surface area contributed by atoms with Gasteiger partial charge in [0.15, 0.2) is 0 Å². The highest BCUT2D eigenvalue weighted by Gasteiger charge is 2.22. The number of hydrogen-bond donors (Lipinski definition) is 3. The molecule has 0 radical (unpaired) electrons. The van der Waals surface area contributed by atoms with E-state index < -0.39 is 0 Å². The summed E-state index contributed by atoms with van der Waals surface area (Å²) in [4.78, 5) is 4.03. The molecule has 4 nitrogen and oxygen atoms in total. The van der Waals surface area contributed by atoms with Crippen LogP contribution in [0.4, 0.5) is 5.82 Å². The first-order chi connectivity index (χ1) is 7.77. The highest BCUT2D eigenvalue weighted by Crippen LogP contribution is 2.21. The van der Waals surface area contributed by atoms with Crippen LogP contribution in [-0.4, -0.2) is 29.3 Å². The van der Waals surface area contributed by atoms with Crippen molar-refractivity contribution in [2.45, 2.75) is 25.4 Å². The Hall–Kier alpha value is -1.13. The molecule has 2 rings (SSSR count). The molecule has 1 atom stereocenters. The molecule has 1 saturated heterocycles. The summed E-state index contributed by atoms with van der Waals surface area (Å²) >= 11 is 0. The zero-order chi connectivity index (χ0) is 11.4. The van der Waals surface area contributed by atoms with Crippen LogP contribution in [0.5, 0.6) is 0 Å². The van der Waals surface area contributed by atoms with Crippen LogP contribution < -0.4 is 11.1 Å². The first-order valence-electron chi connectivity index (χ1n) is 5.85. The molecule has 1 aliphatic heterocycles. The van der Waals surface area contributed by atoms with Crippen molar-refractivity contribution in [1.29, 1.82) is 0 Å². The highest BCUT2D eigenvalue weighted by molar-refractivity contribution is 5.38. The van der Waals surface area contributed by atoms with Crippen molar-refractivity contribution in [2.75, 3.05) is 18.8 Å². The summed E-state index contributed by atoms with van der Waals surface area (Å²) < 4.78 is 0. The largest absolute Gasteiger partial charge is 0.392 e. The smallest absolute Gasteiger partial charge is 0.126 e. The Balaban J connectivity index is 1.96. The lowest BCUT2D eigenvalue weighted by molar-refractivity contribution is 0.0891. The number of rotatable bonds is 3. The van der Waals surface area contributed by atoms with Crippen LogP contribution in [-0.2, 0) is 6.42 Å². The van der Waals surface area contributed by atoms with Gasteiger partial charge < -0.3 is 16.2 Å². The van der Waals surface area contributed by atoms with Crippen LogP contribution in [0.1, 0.15) is 18.4 Å². The van der Waals surface area contributed by atoms with Crippen molar-refractivity contribution in [3.05, 3.63) is 23.9 Å². The van der Waals surface area contributed by atoms with Gasteiger partial charge in [-0.05, 0) is 43.5 Å². The Morgan fingerprint density at radius 1 is 1.50 bits per heavy atom. The molecule has 1 unspecified atom stereocenters. The Bertz CT molecular complexity index is 337. The summed E-state index contributed by atoms with van der Waals surface area (Å²) in [6.07, 6.45) is 4.08. The van der Waals surface area contributed by atoms with Gasteiger partial charge >= 0.3 is 0 Å². The van der Waals surface area contributed by atoms with Crippen molar-refractivity contribution in [2.24, 2.45) is 5.92 Å². The molecule has 0 aliphatic carbocycles. The van der Waals surface area contributed by atoms with Crippen LogP contribution in [0, 0.1) is 5.92 Å². The van der Waals surface area contributed by atoms with E-state index in [-0.39, 0.29) is 6.10 Å². The van der Waals surface area contributed by atoms with Crippen molar-refractivity contribution in [3.63, 3.8) is 0 Å². The summed E-state index contributed by atoms with van der Waals surface area (Å²) in [5.41, 5.74) is 6.72. The molecule has 1 aromatic rings. The van der Waals surface area contributed by atoms with Gasteiger partial charge in [-0.25, -0.2) is 4.98 Å². The molecule has 0 bridgehead atoms. The van der Waals surface area contributed by atoms with E-state index in [4.69, 9.17) is 5.73 Å². The molecule has 1 aliphatic rings. The minimum atomic E-state index is -0.298. The van der Waals surface area contributed by atoms with Gasteiger partial charge in [-0.2, -0.15) is 0 Å². The number of nitrogens with one attached hydrogen (secondary N) is 1. The zero-order valence-electron chi connectivity index (χ0n) is 9.39. The van der Waals surface area contributed by atoms with Crippen LogP contribution in [0.25, 0.3) is 0 Å². The topological polar surface area (TPSA) is 71.2 Å². The third kappa shape index (κ3) is 2.71. The van der Waals surface area contributed by atoms with Gasteiger partial charge in [0.05, 0.1) is 6.10 Å². The van der Waals surface area contributed by atoms with Crippen molar-refractivity contribution >= 4 is 5.82 Å². The van der Waals surface area contributed by atoms with E-state index in [1.807, 2.05) is 12.1 Å². The quantitative estimate of drug-likeness (QED) is 0.697. The number of nitrogen functional groups attached to an aromatic ring is 1. The van der Waals surface area contributed by atoms with E-state index in [0.29, 0.717) is 18.2 Å². The second kappa shape index (κ2) is 5.27. The molecule has 16 heavy (non-hydrogen) atoms. The van der Waals surface area contributed by atoms with Crippen molar-refractivity contribution in [1.82, 2.24) is 10.3 Å². The number of piperidine rings is 1. The molecule has 88 valence electrons. The summed E-state index contributed by atoms with van der Waals surface area (Å²) in [6, 6.07) is 3.80. The maximum absolute atomic E-state index is 10.1. The summed E-state index contributed by atoms with van der Waals surface area (Å²) in [5.74, 6) is 0.927. The molecular formula is C12H19N3O. The molecule has 0 spiro atoms. The minimum Gasteiger partial charge on any atom is -0.392 e. The lowest BCUT2D eigenvalue weighted by atomic mass is 9.89. The normalized spacial score (nSPS) is 19.6. The standard InChI is InChI=1S/C12H19N3O/c13-12-10(2-1-5-15-12)8-11(16)9-3-6-14-7-4-9/h1-2,5,9,11,14,16H,3-4,6-8H2,(H2,13,15). The summed E-state index contributed by atoms with van der Waals surface area (Å²) in [6.45, 7) is 2.01. The van der Waals surface area contributed by atoms with Gasteiger partial charge in [0.2, 0.25) is 0 Å². The maximum atomic E-state index is 10.1. The first kappa shape index (κ1) is 11.4. The van der Waals surface area contributed by atoms with Crippen LogP contribution >= 0.6 is 0 Å². The lowest BCUT2D eigenvalue weighted by Gasteiger charge is -2.27. The Labute approximate surface area is 95.9 Å². The van der Waals surface area contributed by atoms with E-state index in [0.717, 1.165) is 31.5 Å². The molecule has 0 saturated carbocycles. The predicted octanol–water partition coefficient (Wildman–Crippen LogP) is 0.567. The number of aliphatic hydroxyl groups excluding tert-OH is 1. The molecule has 0 aromatic carbocycles. The maximum Gasteiger partial charge on any atom is 0.126 e. The van der Waals surface area contributed by atoms with Crippen molar-refractivity contribution < 1.29 is 5.11 Å². The number of aromatic nitrogens is 1. The van der Waals surface area contributed by atoms with Crippen LogP contribution in [0.15, 0.2) is 18.3 Å². The second-order valence-electron chi connectivity index (χ2n) is 4.41. The van der Waals surface area contributed by atoms with Gasteiger partial charge in [0.1, 0.15) is 5.82 Å². The third-order valence-corrected chi connectivity index (χ3v) is 3.28. The average molecular weight is 221 g/mol. The second-order valence-corrected chi connectivity index (χ2v) is 4.41. The third-order valence-electron chi connectivity index (χ3n) is 3.28. The Morgan fingerprint density at radius 3 is 2.94 bits per heavy atom. The fraction of sp³-hybridized carbons (Fsp3) is 0.583. The van der Waals surface area contributed by atoms with Gasteiger partial charge in [-0.15, -0.1) is 0 Å². The Morgan fingerprint density at radius 2 is 2.25 bits per heavy atom. The SMILES string of the molecule is Nc1ncccc1CC(O)C1CCNCC1. The monoisotopic (exact) mass is 221 g/mol. The lowest BCUT2D eigenvalue weighted by Crippen LogP contribution is -2.35. The molecule has 2 heterocycles. The van der Waals surface area contributed by atoms with E-state index in [2.05, 4.69) is 10.3 Å². The number of nitrogens with zero attached hydrogens (tertiary/aromatic N) is 1. The molecular weight excluding hydrogens is 202 g/mol. The molecule has 4 N–H and O–H groups in total. The van der Waals surface area contributed by atoms with E-state index in [1.165, 1.54) is 0 Å². The number of hydrogen-bond acceptors (Lipinski definition) is 4. The summed E-state index contributed by atoms with van der Waals surface area (Å²) in [5, 5.41) is 13.4. The van der Waals surface area contributed by atoms with Gasteiger partial charge in [0.25, 0.3) is 0 Å². The molecule has 0 amide bonds. The Kier molecular flexibility index (Phi) is 3.74. The molecule has 1 aromatic heterocycles. The van der Waals surface area contributed by atoms with Crippen molar-refractivity contribution in [3.8, 4) is 0 Å². The predicted molar refractivity (Wildman–Crippen MR) is 64.0 cm³/mol. The molecule has 1 fully saturated rings. The molecule has 4 heteroatoms. The van der Waals surface area contributed by atoms with Crippen LogP contribution in [0.2, 0.25) is 0 Å². The number of aliphatic hydroxyl groups is 1. The van der Waals surface area contributed by atoms with Gasteiger partial charge in [0, 0.05) is 12.6 Å². The van der Waals surface area contributed by atoms with E-state index in [1.54, 1.807) is 6.20 Å². The fourth-order valence-corrected chi connectivity index (χ4v) is 2.24. The number of nitrogens with two attached hydrogens (primary N) is 1. The van der Waals surface area contributed by atoms with E-state index in [9.17, 15) is 5.11 Å². The van der Waals surface area contributed by atoms with Crippen LogP contribution in [0.3, 0.4) is 0 Å². The fourth-order valence-electron chi connectivity index (χ4n) is 2.24. The highest BCUT2D eigenvalue weighted by atomic mass is 16.3.